The molecule has 0 spiro atoms. The van der Waals surface area contributed by atoms with E-state index < -0.39 is 0 Å². The van der Waals surface area contributed by atoms with Crippen molar-refractivity contribution >= 4 is 23.2 Å². The molecule has 3 rings (SSSR count). The van der Waals surface area contributed by atoms with Gasteiger partial charge in [-0.3, -0.25) is 4.79 Å². The molecule has 0 aliphatic heterocycles. The van der Waals surface area contributed by atoms with Crippen molar-refractivity contribution in [3.63, 3.8) is 0 Å². The lowest BCUT2D eigenvalue weighted by molar-refractivity contribution is -0.111. The number of rotatable bonds is 4. The van der Waals surface area contributed by atoms with Gasteiger partial charge < -0.3 is 9.73 Å². The van der Waals surface area contributed by atoms with Crippen LogP contribution >= 0.6 is 0 Å². The van der Waals surface area contributed by atoms with Gasteiger partial charge in [0.2, 0.25) is 0 Å². The fraction of sp³-hybridized carbons (Fsp3) is 0.0500. The lowest BCUT2D eigenvalue weighted by Crippen LogP contribution is -2.13. The van der Waals surface area contributed by atoms with Crippen molar-refractivity contribution in [3.05, 3.63) is 89.9 Å². The predicted octanol–water partition coefficient (Wildman–Crippen LogP) is 4.77. The molecule has 23 heavy (non-hydrogen) atoms. The fourth-order valence-corrected chi connectivity index (χ4v) is 2.33. The molecular formula is C20H17NO2. The normalized spacial score (nSPS) is 11.3. The minimum atomic E-state index is -0.168. The first-order valence-corrected chi connectivity index (χ1v) is 7.41. The summed E-state index contributed by atoms with van der Waals surface area (Å²) in [5, 5.41) is 2.94. The van der Waals surface area contributed by atoms with Crippen molar-refractivity contribution in [2.24, 2.45) is 0 Å². The molecule has 0 atom stereocenters. The zero-order valence-corrected chi connectivity index (χ0v) is 12.8. The van der Waals surface area contributed by atoms with Gasteiger partial charge in [-0.1, -0.05) is 42.5 Å². The maximum absolute atomic E-state index is 12.7. The monoisotopic (exact) mass is 303 g/mol. The summed E-state index contributed by atoms with van der Waals surface area (Å²) in [6.45, 7) is 1.99. The van der Waals surface area contributed by atoms with Crippen LogP contribution in [0.15, 0.2) is 77.4 Å². The van der Waals surface area contributed by atoms with Crippen LogP contribution < -0.4 is 5.32 Å². The number of benzene rings is 2. The van der Waals surface area contributed by atoms with E-state index in [1.165, 1.54) is 0 Å². The van der Waals surface area contributed by atoms with E-state index >= 15 is 0 Å². The topological polar surface area (TPSA) is 42.2 Å². The van der Waals surface area contributed by atoms with E-state index in [1.807, 2.05) is 67.6 Å². The molecule has 3 aromatic rings. The molecule has 0 aliphatic carbocycles. The van der Waals surface area contributed by atoms with Crippen molar-refractivity contribution in [1.29, 1.82) is 0 Å². The minimum absolute atomic E-state index is 0.168. The second kappa shape index (κ2) is 6.79. The number of carbonyl (C=O) groups is 1. The molecule has 0 fully saturated rings. The van der Waals surface area contributed by atoms with Gasteiger partial charge in [-0.25, -0.2) is 0 Å². The highest BCUT2D eigenvalue weighted by Crippen LogP contribution is 2.21. The van der Waals surface area contributed by atoms with E-state index in [0.717, 1.165) is 16.8 Å². The van der Waals surface area contributed by atoms with E-state index in [2.05, 4.69) is 5.32 Å². The number of furan rings is 1. The first kappa shape index (κ1) is 14.9. The Morgan fingerprint density at radius 3 is 2.52 bits per heavy atom. The van der Waals surface area contributed by atoms with Crippen molar-refractivity contribution in [2.75, 3.05) is 5.32 Å². The highest BCUT2D eigenvalue weighted by molar-refractivity contribution is 6.29. The van der Waals surface area contributed by atoms with Crippen LogP contribution in [-0.4, -0.2) is 5.91 Å². The summed E-state index contributed by atoms with van der Waals surface area (Å²) < 4.78 is 5.35. The first-order valence-electron chi connectivity index (χ1n) is 7.41. The first-order chi connectivity index (χ1) is 11.2. The molecule has 0 bridgehead atoms. The van der Waals surface area contributed by atoms with Gasteiger partial charge in [-0.2, -0.15) is 0 Å². The molecule has 3 heteroatoms. The largest absolute Gasteiger partial charge is 0.465 e. The van der Waals surface area contributed by atoms with Crippen LogP contribution in [0.3, 0.4) is 0 Å². The average Bonchev–Trinajstić information content (AvgIpc) is 3.06. The van der Waals surface area contributed by atoms with Gasteiger partial charge in [0.25, 0.3) is 5.91 Å². The summed E-state index contributed by atoms with van der Waals surface area (Å²) >= 11 is 0. The Kier molecular flexibility index (Phi) is 4.39. The standard InChI is InChI=1S/C20H17NO2/c1-15-7-5-10-17(13-15)21-20(22)19(14-18-11-6-12-23-18)16-8-3-2-4-9-16/h2-14H,1H3,(H,21,22)/b19-14+. The Morgan fingerprint density at radius 2 is 1.83 bits per heavy atom. The molecule has 0 aliphatic rings. The van der Waals surface area contributed by atoms with Crippen molar-refractivity contribution < 1.29 is 9.21 Å². The molecule has 1 aromatic heterocycles. The Morgan fingerprint density at radius 1 is 1.00 bits per heavy atom. The number of anilines is 1. The van der Waals surface area contributed by atoms with Gasteiger partial charge in [0.05, 0.1) is 11.8 Å². The summed E-state index contributed by atoms with van der Waals surface area (Å²) in [6.07, 6.45) is 3.34. The Hall–Kier alpha value is -3.07. The second-order valence-corrected chi connectivity index (χ2v) is 5.26. The van der Waals surface area contributed by atoms with Crippen molar-refractivity contribution in [2.45, 2.75) is 6.92 Å². The number of hydrogen-bond donors (Lipinski definition) is 1. The summed E-state index contributed by atoms with van der Waals surface area (Å²) in [5.41, 5.74) is 3.27. The molecule has 114 valence electrons. The second-order valence-electron chi connectivity index (χ2n) is 5.26. The third kappa shape index (κ3) is 3.77. The van der Waals surface area contributed by atoms with Crippen LogP contribution in [0.1, 0.15) is 16.9 Å². The molecule has 1 amide bonds. The molecule has 2 aromatic carbocycles. The van der Waals surface area contributed by atoms with Crippen LogP contribution in [0.2, 0.25) is 0 Å². The van der Waals surface area contributed by atoms with Crippen molar-refractivity contribution in [1.82, 2.24) is 0 Å². The number of hydrogen-bond acceptors (Lipinski definition) is 2. The van der Waals surface area contributed by atoms with E-state index in [4.69, 9.17) is 4.42 Å². The van der Waals surface area contributed by atoms with Gasteiger partial charge in [-0.05, 0) is 48.4 Å². The third-order valence-corrected chi connectivity index (χ3v) is 3.44. The van der Waals surface area contributed by atoms with Crippen LogP contribution in [0.5, 0.6) is 0 Å². The molecule has 0 saturated heterocycles. The highest BCUT2D eigenvalue weighted by atomic mass is 16.3. The zero-order chi connectivity index (χ0) is 16.1. The summed E-state index contributed by atoms with van der Waals surface area (Å²) in [6, 6.07) is 20.9. The van der Waals surface area contributed by atoms with Crippen LogP contribution in [0.4, 0.5) is 5.69 Å². The number of carbonyl (C=O) groups excluding carboxylic acids is 1. The Labute approximate surface area is 135 Å². The van der Waals surface area contributed by atoms with E-state index in [1.54, 1.807) is 18.4 Å². The number of amides is 1. The Balaban J connectivity index is 1.93. The molecular weight excluding hydrogens is 286 g/mol. The van der Waals surface area contributed by atoms with E-state index in [0.29, 0.717) is 11.3 Å². The molecule has 1 heterocycles. The quantitative estimate of drug-likeness (QED) is 0.706. The maximum Gasteiger partial charge on any atom is 0.256 e. The van der Waals surface area contributed by atoms with Crippen LogP contribution in [-0.2, 0) is 4.79 Å². The summed E-state index contributed by atoms with van der Waals surface area (Å²) in [4.78, 5) is 12.7. The molecule has 0 saturated carbocycles. The smallest absolute Gasteiger partial charge is 0.256 e. The minimum Gasteiger partial charge on any atom is -0.465 e. The van der Waals surface area contributed by atoms with Crippen molar-refractivity contribution in [3.8, 4) is 0 Å². The lowest BCUT2D eigenvalue weighted by atomic mass is 10.0. The van der Waals surface area contributed by atoms with E-state index in [9.17, 15) is 4.79 Å². The maximum atomic E-state index is 12.7. The van der Waals surface area contributed by atoms with Gasteiger partial charge in [0, 0.05) is 5.69 Å². The highest BCUT2D eigenvalue weighted by Gasteiger charge is 2.13. The van der Waals surface area contributed by atoms with Crippen LogP contribution in [0.25, 0.3) is 11.6 Å². The van der Waals surface area contributed by atoms with Gasteiger partial charge >= 0.3 is 0 Å². The number of aryl methyl sites for hydroxylation is 1. The average molecular weight is 303 g/mol. The van der Waals surface area contributed by atoms with Gasteiger partial charge in [-0.15, -0.1) is 0 Å². The lowest BCUT2D eigenvalue weighted by Gasteiger charge is -2.10. The number of nitrogens with one attached hydrogen (secondary N) is 1. The summed E-state index contributed by atoms with van der Waals surface area (Å²) in [7, 11) is 0. The molecule has 3 nitrogen and oxygen atoms in total. The molecule has 1 N–H and O–H groups in total. The summed E-state index contributed by atoms with van der Waals surface area (Å²) in [5.74, 6) is 0.474. The molecule has 0 unspecified atom stereocenters. The fourth-order valence-electron chi connectivity index (χ4n) is 2.33. The van der Waals surface area contributed by atoms with E-state index in [-0.39, 0.29) is 5.91 Å². The predicted molar refractivity (Wildman–Crippen MR) is 92.8 cm³/mol. The van der Waals surface area contributed by atoms with Gasteiger partial charge in [0.15, 0.2) is 0 Å². The SMILES string of the molecule is Cc1cccc(NC(=O)/C(=C/c2ccco2)c2ccccc2)c1. The van der Waals surface area contributed by atoms with Crippen LogP contribution in [0, 0.1) is 6.92 Å². The van der Waals surface area contributed by atoms with Gasteiger partial charge in [0.1, 0.15) is 5.76 Å². The molecule has 0 radical (unpaired) electrons. The Bertz CT molecular complexity index is 818. The zero-order valence-electron chi connectivity index (χ0n) is 12.8. The third-order valence-electron chi connectivity index (χ3n) is 3.44.